The predicted molar refractivity (Wildman–Crippen MR) is 46.8 cm³/mol. The fraction of sp³-hybridized carbons (Fsp3) is 0.333. The maximum absolute atomic E-state index is 5.38. The lowest BCUT2D eigenvalue weighted by Gasteiger charge is -2.14. The van der Waals surface area contributed by atoms with E-state index in [4.69, 9.17) is 18.0 Å². The molecule has 0 aliphatic heterocycles. The second-order valence-electron chi connectivity index (χ2n) is 2.30. The molecule has 0 radical (unpaired) electrons. The number of hydrogen-bond donors (Lipinski definition) is 2. The van der Waals surface area contributed by atoms with Gasteiger partial charge in [0.1, 0.15) is 0 Å². The molecule has 0 aliphatic rings. The Hall–Kier alpha value is -1.10. The van der Waals surface area contributed by atoms with Crippen LogP contribution in [0.25, 0.3) is 0 Å². The first kappa shape index (κ1) is 8.00. The lowest BCUT2D eigenvalue weighted by Crippen LogP contribution is -2.30. The molecule has 0 amide bonds. The Labute approximate surface area is 70.4 Å². The molecule has 0 aromatic carbocycles. The van der Waals surface area contributed by atoms with Crippen molar-refractivity contribution in [2.45, 2.75) is 6.54 Å². The molecule has 0 unspecified atom stereocenters. The zero-order valence-corrected chi connectivity index (χ0v) is 7.06. The van der Waals surface area contributed by atoms with Crippen LogP contribution in [0.5, 0.6) is 0 Å². The van der Waals surface area contributed by atoms with Gasteiger partial charge in [0, 0.05) is 25.4 Å². The van der Waals surface area contributed by atoms with Crippen molar-refractivity contribution >= 4 is 17.3 Å². The minimum Gasteiger partial charge on any atom is -0.376 e. The first-order valence-corrected chi connectivity index (χ1v) is 3.59. The number of aromatic amines is 1. The highest BCUT2D eigenvalue weighted by Gasteiger charge is 2.00. The van der Waals surface area contributed by atoms with E-state index in [1.54, 1.807) is 11.1 Å². The molecule has 1 heterocycles. The summed E-state index contributed by atoms with van der Waals surface area (Å²) in [7, 11) is 1.84. The summed E-state index contributed by atoms with van der Waals surface area (Å²) in [6.07, 6.45) is 3.56. The van der Waals surface area contributed by atoms with Crippen molar-refractivity contribution in [1.82, 2.24) is 15.1 Å². The lowest BCUT2D eigenvalue weighted by molar-refractivity contribution is 0.504. The largest absolute Gasteiger partial charge is 0.376 e. The Bertz CT molecular complexity index is 231. The first-order valence-electron chi connectivity index (χ1n) is 3.18. The van der Waals surface area contributed by atoms with Gasteiger partial charge >= 0.3 is 0 Å². The third kappa shape index (κ3) is 2.19. The summed E-state index contributed by atoms with van der Waals surface area (Å²) in [5.41, 5.74) is 6.45. The van der Waals surface area contributed by atoms with E-state index in [1.807, 2.05) is 13.2 Å². The molecule has 60 valence electrons. The molecule has 5 heteroatoms. The van der Waals surface area contributed by atoms with Crippen LogP contribution >= 0.6 is 12.2 Å². The Morgan fingerprint density at radius 1 is 1.91 bits per heavy atom. The number of H-pyrrole nitrogens is 1. The highest BCUT2D eigenvalue weighted by molar-refractivity contribution is 7.80. The van der Waals surface area contributed by atoms with E-state index in [2.05, 4.69) is 10.2 Å². The number of aromatic nitrogens is 2. The Morgan fingerprint density at radius 2 is 2.64 bits per heavy atom. The molecular weight excluding hydrogens is 160 g/mol. The molecule has 3 N–H and O–H groups in total. The van der Waals surface area contributed by atoms with Crippen molar-refractivity contribution in [3.63, 3.8) is 0 Å². The molecule has 0 bridgehead atoms. The molecule has 4 nitrogen and oxygen atoms in total. The van der Waals surface area contributed by atoms with Crippen LogP contribution in [0.4, 0.5) is 0 Å². The molecule has 1 aromatic heterocycles. The van der Waals surface area contributed by atoms with Crippen molar-refractivity contribution in [3.8, 4) is 0 Å². The van der Waals surface area contributed by atoms with Crippen LogP contribution < -0.4 is 5.73 Å². The van der Waals surface area contributed by atoms with E-state index in [-0.39, 0.29) is 0 Å². The summed E-state index contributed by atoms with van der Waals surface area (Å²) < 4.78 is 0. The molecule has 1 rings (SSSR count). The van der Waals surface area contributed by atoms with Gasteiger partial charge in [-0.1, -0.05) is 0 Å². The summed E-state index contributed by atoms with van der Waals surface area (Å²) in [4.78, 5) is 1.78. The topological polar surface area (TPSA) is 57.9 Å². The van der Waals surface area contributed by atoms with Gasteiger partial charge in [-0.05, 0) is 12.2 Å². The van der Waals surface area contributed by atoms with Crippen molar-refractivity contribution in [3.05, 3.63) is 18.0 Å². The monoisotopic (exact) mass is 170 g/mol. The molecule has 0 spiro atoms. The quantitative estimate of drug-likeness (QED) is 0.617. The third-order valence-electron chi connectivity index (χ3n) is 1.35. The van der Waals surface area contributed by atoms with Gasteiger partial charge in [0.05, 0.1) is 6.20 Å². The van der Waals surface area contributed by atoms with Gasteiger partial charge in [0.15, 0.2) is 5.11 Å². The molecule has 1 aromatic rings. The molecule has 0 saturated heterocycles. The van der Waals surface area contributed by atoms with E-state index in [9.17, 15) is 0 Å². The number of hydrogen-bond acceptors (Lipinski definition) is 2. The molecular formula is C6H10N4S. The molecule has 0 fully saturated rings. The third-order valence-corrected chi connectivity index (χ3v) is 1.66. The van der Waals surface area contributed by atoms with Crippen LogP contribution in [0.1, 0.15) is 5.56 Å². The standard InChI is InChI=1S/C6H10N4S/c1-10(6(7)11)4-5-2-8-9-3-5/h2-3H,4H2,1H3,(H2,7,11)(H,8,9). The zero-order valence-electron chi connectivity index (χ0n) is 6.24. The summed E-state index contributed by atoms with van der Waals surface area (Å²) in [6, 6.07) is 0. The second-order valence-corrected chi connectivity index (χ2v) is 2.72. The number of rotatable bonds is 2. The summed E-state index contributed by atoms with van der Waals surface area (Å²) in [5.74, 6) is 0. The Balaban J connectivity index is 2.50. The first-order chi connectivity index (χ1) is 5.20. The van der Waals surface area contributed by atoms with Crippen LogP contribution in [0.2, 0.25) is 0 Å². The van der Waals surface area contributed by atoms with E-state index in [1.165, 1.54) is 0 Å². The maximum atomic E-state index is 5.38. The van der Waals surface area contributed by atoms with Crippen LogP contribution in [0.15, 0.2) is 12.4 Å². The van der Waals surface area contributed by atoms with Gasteiger partial charge in [-0.3, -0.25) is 5.10 Å². The van der Waals surface area contributed by atoms with Gasteiger partial charge in [0.25, 0.3) is 0 Å². The van der Waals surface area contributed by atoms with Gasteiger partial charge in [0.2, 0.25) is 0 Å². The van der Waals surface area contributed by atoms with Crippen molar-refractivity contribution in [1.29, 1.82) is 0 Å². The number of nitrogens with one attached hydrogen (secondary N) is 1. The average Bonchev–Trinajstić information content (AvgIpc) is 2.39. The summed E-state index contributed by atoms with van der Waals surface area (Å²) in [5, 5.41) is 6.91. The Kier molecular flexibility index (Phi) is 2.43. The lowest BCUT2D eigenvalue weighted by atomic mass is 10.3. The van der Waals surface area contributed by atoms with Crippen LogP contribution in [0.3, 0.4) is 0 Å². The van der Waals surface area contributed by atoms with Crippen molar-refractivity contribution in [2.75, 3.05) is 7.05 Å². The van der Waals surface area contributed by atoms with Crippen molar-refractivity contribution in [2.24, 2.45) is 5.73 Å². The van der Waals surface area contributed by atoms with Gasteiger partial charge in [-0.25, -0.2) is 0 Å². The minimum atomic E-state index is 0.395. The van der Waals surface area contributed by atoms with Gasteiger partial charge in [-0.15, -0.1) is 0 Å². The van der Waals surface area contributed by atoms with E-state index in [0.29, 0.717) is 11.7 Å². The molecule has 0 saturated carbocycles. The minimum absolute atomic E-state index is 0.395. The maximum Gasteiger partial charge on any atom is 0.166 e. The Morgan fingerprint density at radius 3 is 3.09 bits per heavy atom. The highest BCUT2D eigenvalue weighted by Crippen LogP contribution is 1.98. The normalized spacial score (nSPS) is 9.55. The van der Waals surface area contributed by atoms with Gasteiger partial charge < -0.3 is 10.6 Å². The molecule has 0 atom stereocenters. The average molecular weight is 170 g/mol. The highest BCUT2D eigenvalue weighted by atomic mass is 32.1. The molecule has 0 aliphatic carbocycles. The van der Waals surface area contributed by atoms with E-state index >= 15 is 0 Å². The predicted octanol–water partition coefficient (Wildman–Crippen LogP) is 0.0851. The van der Waals surface area contributed by atoms with Crippen molar-refractivity contribution < 1.29 is 0 Å². The second kappa shape index (κ2) is 3.34. The molecule has 11 heavy (non-hydrogen) atoms. The fourth-order valence-electron chi connectivity index (χ4n) is 0.716. The number of nitrogens with two attached hydrogens (primary N) is 1. The van der Waals surface area contributed by atoms with E-state index < -0.39 is 0 Å². The van der Waals surface area contributed by atoms with Crippen LogP contribution in [-0.2, 0) is 6.54 Å². The number of thiocarbonyl (C=S) groups is 1. The van der Waals surface area contributed by atoms with Crippen LogP contribution in [-0.4, -0.2) is 27.3 Å². The van der Waals surface area contributed by atoms with Gasteiger partial charge in [-0.2, -0.15) is 5.10 Å². The fourth-order valence-corrected chi connectivity index (χ4v) is 0.780. The smallest absolute Gasteiger partial charge is 0.166 e. The number of nitrogens with zero attached hydrogens (tertiary/aromatic N) is 2. The summed E-state index contributed by atoms with van der Waals surface area (Å²) in [6.45, 7) is 0.700. The SMILES string of the molecule is CN(Cc1cn[nH]c1)C(N)=S. The zero-order chi connectivity index (χ0) is 8.27. The van der Waals surface area contributed by atoms with Crippen LogP contribution in [0, 0.1) is 0 Å². The van der Waals surface area contributed by atoms with E-state index in [0.717, 1.165) is 5.56 Å². The summed E-state index contributed by atoms with van der Waals surface area (Å²) >= 11 is 4.76.